The summed E-state index contributed by atoms with van der Waals surface area (Å²) in [6, 6.07) is 2.76. The summed E-state index contributed by atoms with van der Waals surface area (Å²) in [6.07, 6.45) is 0.470. The fourth-order valence-electron chi connectivity index (χ4n) is 1.21. The molecule has 0 aromatic heterocycles. The molecular weight excluding hydrogens is 331 g/mol. The minimum Gasteiger partial charge on any atom is -0.379 e. The van der Waals surface area contributed by atoms with Gasteiger partial charge < -0.3 is 4.18 Å². The molecule has 0 radical (unpaired) electrons. The van der Waals surface area contributed by atoms with Crippen LogP contribution in [0.4, 0.5) is 0 Å². The van der Waals surface area contributed by atoms with E-state index in [4.69, 9.17) is 39.0 Å². The number of benzene rings is 1. The van der Waals surface area contributed by atoms with Crippen LogP contribution in [-0.4, -0.2) is 14.2 Å². The lowest BCUT2D eigenvalue weighted by molar-refractivity contribution is 0.389. The van der Waals surface area contributed by atoms with Crippen molar-refractivity contribution in [2.75, 3.05) is 5.75 Å². The van der Waals surface area contributed by atoms with Crippen LogP contribution >= 0.6 is 34.8 Å². The van der Waals surface area contributed by atoms with Gasteiger partial charge in [-0.1, -0.05) is 55.6 Å². The molecule has 7 heteroatoms. The lowest BCUT2D eigenvalue weighted by Crippen LogP contribution is -2.19. The Balaban J connectivity index is 2.90. The minimum absolute atomic E-state index is 0.0665. The van der Waals surface area contributed by atoms with E-state index in [1.807, 2.05) is 20.8 Å². The highest BCUT2D eigenvalue weighted by Gasteiger charge is 2.21. The monoisotopic (exact) mass is 344 g/mol. The van der Waals surface area contributed by atoms with E-state index < -0.39 is 10.1 Å². The Morgan fingerprint density at radius 2 is 1.58 bits per heavy atom. The van der Waals surface area contributed by atoms with Crippen LogP contribution < -0.4 is 4.18 Å². The predicted octanol–water partition coefficient (Wildman–Crippen LogP) is 4.79. The molecule has 0 fully saturated rings. The first-order valence-electron chi connectivity index (χ1n) is 5.57. The quantitative estimate of drug-likeness (QED) is 0.737. The lowest BCUT2D eigenvalue weighted by Gasteiger charge is -2.18. The first-order chi connectivity index (χ1) is 8.50. The Labute approximate surface area is 128 Å². The van der Waals surface area contributed by atoms with E-state index in [1.165, 1.54) is 12.1 Å². The van der Waals surface area contributed by atoms with E-state index in [9.17, 15) is 8.42 Å². The van der Waals surface area contributed by atoms with E-state index in [-0.39, 0.29) is 27.0 Å². The largest absolute Gasteiger partial charge is 0.379 e. The summed E-state index contributed by atoms with van der Waals surface area (Å²) in [6.45, 7) is 5.85. The normalized spacial score (nSPS) is 12.5. The Morgan fingerprint density at radius 1 is 1.11 bits per heavy atom. The molecule has 0 aliphatic carbocycles. The van der Waals surface area contributed by atoms with Crippen LogP contribution in [0.3, 0.4) is 0 Å². The van der Waals surface area contributed by atoms with Gasteiger partial charge in [0.15, 0.2) is 5.75 Å². The molecule has 0 spiro atoms. The Morgan fingerprint density at radius 3 is 2.00 bits per heavy atom. The standard InChI is InChI=1S/C12H15Cl3O3S/c1-12(2,3)4-5-19(16,17)18-11-9(14)6-8(13)7-10(11)15/h6-7H,4-5H2,1-3H3. The third-order valence-electron chi connectivity index (χ3n) is 2.28. The second-order valence-corrected chi connectivity index (χ2v) is 8.30. The number of rotatable bonds is 4. The Bertz CT molecular complexity index is 539. The average Bonchev–Trinajstić information content (AvgIpc) is 2.20. The summed E-state index contributed by atoms with van der Waals surface area (Å²) in [7, 11) is -3.74. The maximum absolute atomic E-state index is 11.9. The molecule has 0 unspecified atom stereocenters. The molecule has 19 heavy (non-hydrogen) atoms. The second-order valence-electron chi connectivity index (χ2n) is 5.35. The Kier molecular flexibility index (Phi) is 5.41. The van der Waals surface area contributed by atoms with E-state index in [2.05, 4.69) is 0 Å². The van der Waals surface area contributed by atoms with Crippen LogP contribution in [0.25, 0.3) is 0 Å². The van der Waals surface area contributed by atoms with Gasteiger partial charge in [0.1, 0.15) is 0 Å². The number of hydrogen-bond donors (Lipinski definition) is 0. The van der Waals surface area contributed by atoms with Gasteiger partial charge >= 0.3 is 10.1 Å². The molecule has 0 aliphatic heterocycles. The summed E-state index contributed by atoms with van der Waals surface area (Å²) < 4.78 is 28.7. The van der Waals surface area contributed by atoms with Gasteiger partial charge in [-0.3, -0.25) is 0 Å². The summed E-state index contributed by atoms with van der Waals surface area (Å²) in [5, 5.41) is 0.447. The van der Waals surface area contributed by atoms with Crippen molar-refractivity contribution in [1.82, 2.24) is 0 Å². The van der Waals surface area contributed by atoms with E-state index in [0.717, 1.165) is 0 Å². The highest BCUT2D eigenvalue weighted by molar-refractivity contribution is 7.87. The smallest absolute Gasteiger partial charge is 0.309 e. The van der Waals surface area contributed by atoms with E-state index >= 15 is 0 Å². The molecule has 0 amide bonds. The van der Waals surface area contributed by atoms with Gasteiger partial charge in [-0.15, -0.1) is 0 Å². The molecule has 0 aliphatic rings. The van der Waals surface area contributed by atoms with Crippen LogP contribution in [-0.2, 0) is 10.1 Å². The summed E-state index contributed by atoms with van der Waals surface area (Å²) in [5.74, 6) is -0.187. The van der Waals surface area contributed by atoms with Crippen LogP contribution in [0.15, 0.2) is 12.1 Å². The zero-order valence-corrected chi connectivity index (χ0v) is 13.9. The average molecular weight is 346 g/mol. The third-order valence-corrected chi connectivity index (χ3v) is 4.18. The first-order valence-corrected chi connectivity index (χ1v) is 8.28. The van der Waals surface area contributed by atoms with Crippen molar-refractivity contribution in [3.05, 3.63) is 27.2 Å². The van der Waals surface area contributed by atoms with Crippen molar-refractivity contribution in [2.24, 2.45) is 5.41 Å². The van der Waals surface area contributed by atoms with Crippen LogP contribution in [0.1, 0.15) is 27.2 Å². The van der Waals surface area contributed by atoms with Gasteiger partial charge in [0.25, 0.3) is 0 Å². The number of hydrogen-bond acceptors (Lipinski definition) is 3. The molecule has 1 rings (SSSR count). The molecule has 0 bridgehead atoms. The van der Waals surface area contributed by atoms with Gasteiger partial charge in [0, 0.05) is 5.02 Å². The maximum atomic E-state index is 11.9. The number of halogens is 3. The predicted molar refractivity (Wildman–Crippen MR) is 80.0 cm³/mol. The van der Waals surface area contributed by atoms with Gasteiger partial charge in [0.2, 0.25) is 0 Å². The minimum atomic E-state index is -3.74. The van der Waals surface area contributed by atoms with Crippen LogP contribution in [0.2, 0.25) is 15.1 Å². The fourth-order valence-corrected chi connectivity index (χ4v) is 3.57. The maximum Gasteiger partial charge on any atom is 0.309 e. The lowest BCUT2D eigenvalue weighted by atomic mass is 9.94. The van der Waals surface area contributed by atoms with Gasteiger partial charge in [-0.05, 0) is 24.0 Å². The van der Waals surface area contributed by atoms with Crippen molar-refractivity contribution in [3.63, 3.8) is 0 Å². The van der Waals surface area contributed by atoms with E-state index in [1.54, 1.807) is 0 Å². The van der Waals surface area contributed by atoms with Crippen LogP contribution in [0.5, 0.6) is 5.75 Å². The first kappa shape index (κ1) is 16.9. The topological polar surface area (TPSA) is 43.4 Å². The summed E-state index contributed by atoms with van der Waals surface area (Å²) >= 11 is 17.5. The third kappa shape index (κ3) is 5.78. The molecule has 0 N–H and O–H groups in total. The SMILES string of the molecule is CC(C)(C)CCS(=O)(=O)Oc1c(Cl)cc(Cl)cc1Cl. The zero-order valence-electron chi connectivity index (χ0n) is 10.8. The molecule has 1 aromatic carbocycles. The van der Waals surface area contributed by atoms with Gasteiger partial charge in [-0.2, -0.15) is 8.42 Å². The molecule has 0 saturated carbocycles. The molecular formula is C12H15Cl3O3S. The van der Waals surface area contributed by atoms with Crippen LogP contribution in [0, 0.1) is 5.41 Å². The van der Waals surface area contributed by atoms with Crippen molar-refractivity contribution < 1.29 is 12.6 Å². The highest BCUT2D eigenvalue weighted by Crippen LogP contribution is 2.37. The molecule has 3 nitrogen and oxygen atoms in total. The highest BCUT2D eigenvalue weighted by atomic mass is 35.5. The molecule has 0 atom stereocenters. The van der Waals surface area contributed by atoms with Gasteiger partial charge in [0.05, 0.1) is 15.8 Å². The summed E-state index contributed by atoms with van der Waals surface area (Å²) in [4.78, 5) is 0. The Hall–Kier alpha value is -0.160. The van der Waals surface area contributed by atoms with Crippen molar-refractivity contribution >= 4 is 44.9 Å². The van der Waals surface area contributed by atoms with Gasteiger partial charge in [-0.25, -0.2) is 0 Å². The molecule has 1 aromatic rings. The summed E-state index contributed by atoms with van der Waals surface area (Å²) in [5.41, 5.74) is -0.107. The molecule has 0 heterocycles. The van der Waals surface area contributed by atoms with Crippen molar-refractivity contribution in [2.45, 2.75) is 27.2 Å². The second kappa shape index (κ2) is 6.08. The molecule has 108 valence electrons. The zero-order chi connectivity index (χ0) is 14.8. The van der Waals surface area contributed by atoms with Crippen molar-refractivity contribution in [1.29, 1.82) is 0 Å². The van der Waals surface area contributed by atoms with Crippen molar-refractivity contribution in [3.8, 4) is 5.75 Å². The van der Waals surface area contributed by atoms with E-state index in [0.29, 0.717) is 11.4 Å². The molecule has 0 saturated heterocycles. The fraction of sp³-hybridized carbons (Fsp3) is 0.500.